The van der Waals surface area contributed by atoms with E-state index in [2.05, 4.69) is 16.2 Å². The second-order valence-electron chi connectivity index (χ2n) is 6.35. The highest BCUT2D eigenvalue weighted by Gasteiger charge is 2.17. The van der Waals surface area contributed by atoms with Crippen molar-refractivity contribution in [3.63, 3.8) is 0 Å². The number of nitrogens with one attached hydrogen (secondary N) is 1. The lowest BCUT2D eigenvalue weighted by Gasteiger charge is -2.09. The van der Waals surface area contributed by atoms with Crippen molar-refractivity contribution < 1.29 is 13.3 Å². The summed E-state index contributed by atoms with van der Waals surface area (Å²) >= 11 is 0. The Morgan fingerprint density at radius 1 is 0.964 bits per heavy atom. The fourth-order valence-electron chi connectivity index (χ4n) is 3.42. The second kappa shape index (κ2) is 6.65. The number of aryl methyl sites for hydroxylation is 1. The number of aromatic nitrogens is 1. The predicted octanol–water partition coefficient (Wildman–Crippen LogP) is 4.52. The molecule has 0 bridgehead atoms. The molecule has 0 unspecified atom stereocenters. The topological polar surface area (TPSA) is 94.2 Å². The Kier molecular flexibility index (Phi) is 4.27. The first-order valence-corrected chi connectivity index (χ1v) is 10.2. The first-order valence-electron chi connectivity index (χ1n) is 8.69. The number of para-hydroxylation sites is 1. The van der Waals surface area contributed by atoms with Gasteiger partial charge in [0.2, 0.25) is 0 Å². The van der Waals surface area contributed by atoms with Crippen molar-refractivity contribution >= 4 is 43.2 Å². The Balaban J connectivity index is 1.75. The van der Waals surface area contributed by atoms with Crippen LogP contribution < -0.4 is 4.72 Å². The minimum absolute atomic E-state index is 0.0332. The van der Waals surface area contributed by atoms with Crippen molar-refractivity contribution in [1.82, 2.24) is 4.57 Å². The lowest BCUT2D eigenvalue weighted by atomic mass is 10.1. The third kappa shape index (κ3) is 2.97. The van der Waals surface area contributed by atoms with E-state index in [9.17, 15) is 18.5 Å². The smallest absolute Gasteiger partial charge is 0.269 e. The van der Waals surface area contributed by atoms with Gasteiger partial charge in [-0.3, -0.25) is 14.8 Å². The summed E-state index contributed by atoms with van der Waals surface area (Å²) in [6, 6.07) is 18.2. The van der Waals surface area contributed by atoms with Crippen molar-refractivity contribution in [3.8, 4) is 0 Å². The predicted molar refractivity (Wildman–Crippen MR) is 109 cm³/mol. The number of sulfonamides is 1. The van der Waals surface area contributed by atoms with E-state index >= 15 is 0 Å². The van der Waals surface area contributed by atoms with Crippen LogP contribution >= 0.6 is 0 Å². The number of hydrogen-bond donors (Lipinski definition) is 1. The molecule has 0 aliphatic carbocycles. The van der Waals surface area contributed by atoms with Gasteiger partial charge in [-0.15, -0.1) is 0 Å². The maximum Gasteiger partial charge on any atom is 0.269 e. The van der Waals surface area contributed by atoms with E-state index in [0.717, 1.165) is 28.4 Å². The van der Waals surface area contributed by atoms with Gasteiger partial charge in [0.25, 0.3) is 15.7 Å². The number of hydrogen-bond acceptors (Lipinski definition) is 4. The number of anilines is 1. The van der Waals surface area contributed by atoms with E-state index in [4.69, 9.17) is 0 Å². The Labute approximate surface area is 161 Å². The normalized spacial score (nSPS) is 11.8. The zero-order valence-corrected chi connectivity index (χ0v) is 15.8. The summed E-state index contributed by atoms with van der Waals surface area (Å²) in [5.41, 5.74) is 2.40. The number of nitrogens with zero attached hydrogens (tertiary/aromatic N) is 2. The SMILES string of the molecule is CCn1c2ccccc2c2cc(NS(=O)(=O)c3ccc([N+](=O)[O-])cc3)ccc21. The maximum absolute atomic E-state index is 12.7. The molecular formula is C20H17N3O4S. The third-order valence-corrected chi connectivity index (χ3v) is 6.10. The van der Waals surface area contributed by atoms with E-state index in [1.807, 2.05) is 36.4 Å². The van der Waals surface area contributed by atoms with Gasteiger partial charge in [-0.1, -0.05) is 18.2 Å². The Hall–Kier alpha value is -3.39. The van der Waals surface area contributed by atoms with Crippen LogP contribution in [0.3, 0.4) is 0 Å². The Morgan fingerprint density at radius 2 is 1.64 bits per heavy atom. The Morgan fingerprint density at radius 3 is 2.32 bits per heavy atom. The molecule has 8 heteroatoms. The van der Waals surface area contributed by atoms with Gasteiger partial charge in [-0.2, -0.15) is 0 Å². The lowest BCUT2D eigenvalue weighted by Crippen LogP contribution is -2.12. The first-order chi connectivity index (χ1) is 13.4. The maximum atomic E-state index is 12.7. The molecule has 0 radical (unpaired) electrons. The molecule has 1 heterocycles. The van der Waals surface area contributed by atoms with Gasteiger partial charge in [-0.25, -0.2) is 8.42 Å². The quantitative estimate of drug-likeness (QED) is 0.397. The van der Waals surface area contributed by atoms with Crippen LogP contribution in [-0.4, -0.2) is 17.9 Å². The van der Waals surface area contributed by atoms with E-state index in [1.165, 1.54) is 24.3 Å². The van der Waals surface area contributed by atoms with E-state index in [0.29, 0.717) is 5.69 Å². The molecule has 28 heavy (non-hydrogen) atoms. The van der Waals surface area contributed by atoms with Gasteiger partial charge in [0.1, 0.15) is 0 Å². The highest BCUT2D eigenvalue weighted by atomic mass is 32.2. The molecule has 0 atom stereocenters. The summed E-state index contributed by atoms with van der Waals surface area (Å²) in [5.74, 6) is 0. The number of nitro benzene ring substituents is 1. The molecule has 7 nitrogen and oxygen atoms in total. The van der Waals surface area contributed by atoms with Crippen LogP contribution in [-0.2, 0) is 16.6 Å². The van der Waals surface area contributed by atoms with E-state index < -0.39 is 14.9 Å². The molecule has 0 aliphatic heterocycles. The molecule has 0 saturated carbocycles. The average molecular weight is 395 g/mol. The van der Waals surface area contributed by atoms with Crippen LogP contribution in [0, 0.1) is 10.1 Å². The number of fused-ring (bicyclic) bond motifs is 3. The summed E-state index contributed by atoms with van der Waals surface area (Å²) in [5, 5.41) is 12.8. The molecule has 3 aromatic carbocycles. The molecule has 1 aromatic heterocycles. The second-order valence-corrected chi connectivity index (χ2v) is 8.03. The standard InChI is InChI=1S/C20H17N3O4S/c1-2-22-19-6-4-3-5-17(19)18-13-14(7-12-20(18)22)21-28(26,27)16-10-8-15(9-11-16)23(24)25/h3-13,21H,2H2,1H3. The largest absolute Gasteiger partial charge is 0.341 e. The summed E-state index contributed by atoms with van der Waals surface area (Å²) in [4.78, 5) is 10.1. The van der Waals surface area contributed by atoms with Crippen LogP contribution in [0.25, 0.3) is 21.8 Å². The van der Waals surface area contributed by atoms with E-state index in [1.54, 1.807) is 6.07 Å². The molecule has 0 saturated heterocycles. The van der Waals surface area contributed by atoms with Gasteiger partial charge in [0.05, 0.1) is 9.82 Å². The minimum Gasteiger partial charge on any atom is -0.341 e. The number of non-ortho nitro benzene ring substituents is 1. The molecule has 4 aromatic rings. The summed E-state index contributed by atoms with van der Waals surface area (Å²) in [6.45, 7) is 2.87. The summed E-state index contributed by atoms with van der Waals surface area (Å²) < 4.78 is 30.1. The summed E-state index contributed by atoms with van der Waals surface area (Å²) in [6.07, 6.45) is 0. The number of benzene rings is 3. The molecule has 4 rings (SSSR count). The lowest BCUT2D eigenvalue weighted by molar-refractivity contribution is -0.384. The molecule has 0 spiro atoms. The number of nitro groups is 1. The van der Waals surface area contributed by atoms with Gasteiger partial charge in [-0.05, 0) is 43.3 Å². The van der Waals surface area contributed by atoms with Crippen molar-refractivity contribution in [2.75, 3.05) is 4.72 Å². The van der Waals surface area contributed by atoms with Crippen LogP contribution in [0.2, 0.25) is 0 Å². The molecule has 0 amide bonds. The molecular weight excluding hydrogens is 378 g/mol. The van der Waals surface area contributed by atoms with Gasteiger partial charge in [0, 0.05) is 46.2 Å². The van der Waals surface area contributed by atoms with Crippen LogP contribution in [0.15, 0.2) is 71.6 Å². The Bertz CT molecular complexity index is 1310. The average Bonchev–Trinajstić information content (AvgIpc) is 3.01. The monoisotopic (exact) mass is 395 g/mol. The van der Waals surface area contributed by atoms with Crippen molar-refractivity contribution in [2.24, 2.45) is 0 Å². The highest BCUT2D eigenvalue weighted by molar-refractivity contribution is 7.92. The third-order valence-electron chi connectivity index (χ3n) is 4.70. The van der Waals surface area contributed by atoms with Crippen molar-refractivity contribution in [3.05, 3.63) is 76.8 Å². The zero-order chi connectivity index (χ0) is 19.9. The first kappa shape index (κ1) is 18.0. The van der Waals surface area contributed by atoms with Gasteiger partial charge >= 0.3 is 0 Å². The zero-order valence-electron chi connectivity index (χ0n) is 15.0. The minimum atomic E-state index is -3.86. The fraction of sp³-hybridized carbons (Fsp3) is 0.100. The molecule has 142 valence electrons. The number of rotatable bonds is 5. The van der Waals surface area contributed by atoms with Crippen LogP contribution in [0.1, 0.15) is 6.92 Å². The molecule has 0 fully saturated rings. The summed E-state index contributed by atoms with van der Waals surface area (Å²) in [7, 11) is -3.86. The van der Waals surface area contributed by atoms with Crippen LogP contribution in [0.5, 0.6) is 0 Å². The van der Waals surface area contributed by atoms with Crippen LogP contribution in [0.4, 0.5) is 11.4 Å². The van der Waals surface area contributed by atoms with Crippen molar-refractivity contribution in [1.29, 1.82) is 0 Å². The highest BCUT2D eigenvalue weighted by Crippen LogP contribution is 2.31. The van der Waals surface area contributed by atoms with E-state index in [-0.39, 0.29) is 10.6 Å². The van der Waals surface area contributed by atoms with Gasteiger partial charge < -0.3 is 4.57 Å². The van der Waals surface area contributed by atoms with Crippen molar-refractivity contribution in [2.45, 2.75) is 18.4 Å². The molecule has 1 N–H and O–H groups in total. The van der Waals surface area contributed by atoms with Gasteiger partial charge in [0.15, 0.2) is 0 Å². The molecule has 0 aliphatic rings. The fourth-order valence-corrected chi connectivity index (χ4v) is 4.47.